The van der Waals surface area contributed by atoms with Gasteiger partial charge in [-0.05, 0) is 44.8 Å². The minimum atomic E-state index is -0.221. The average Bonchev–Trinajstić information content (AvgIpc) is 3.28. The molecule has 0 radical (unpaired) electrons. The van der Waals surface area contributed by atoms with Gasteiger partial charge in [0.15, 0.2) is 0 Å². The van der Waals surface area contributed by atoms with Gasteiger partial charge in [-0.25, -0.2) is 0 Å². The minimum absolute atomic E-state index is 0.0308. The second-order valence-corrected chi connectivity index (χ2v) is 5.76. The Balaban J connectivity index is 1.76. The van der Waals surface area contributed by atoms with Crippen LogP contribution in [0.1, 0.15) is 6.42 Å². The summed E-state index contributed by atoms with van der Waals surface area (Å²) in [6, 6.07) is 7.14. The number of carbonyl (C=O) groups is 2. The fraction of sp³-hybridized carbons (Fsp3) is 0.500. The lowest BCUT2D eigenvalue weighted by atomic mass is 10.2. The molecule has 0 bridgehead atoms. The molecule has 1 saturated carbocycles. The lowest BCUT2D eigenvalue weighted by molar-refractivity contribution is -0.125. The predicted molar refractivity (Wildman–Crippen MR) is 84.8 cm³/mol. The quantitative estimate of drug-likeness (QED) is 0.787. The standard InChI is InChI=1S/C16H23N3O3/c1-19(2)9-8-17-15(20)13-10-14(13)16(21)18-11-4-6-12(22-3)7-5-11/h4-7,13-14H,8-10H2,1-3H3,(H,17,20)(H,18,21). The van der Waals surface area contributed by atoms with Crippen LogP contribution in [0.5, 0.6) is 5.75 Å². The van der Waals surface area contributed by atoms with Gasteiger partial charge in [0.05, 0.1) is 18.9 Å². The van der Waals surface area contributed by atoms with E-state index in [1.54, 1.807) is 31.4 Å². The zero-order valence-corrected chi connectivity index (χ0v) is 13.3. The van der Waals surface area contributed by atoms with Gasteiger partial charge in [0.25, 0.3) is 0 Å². The number of benzene rings is 1. The molecule has 0 saturated heterocycles. The van der Waals surface area contributed by atoms with E-state index in [0.717, 1.165) is 12.3 Å². The number of nitrogens with one attached hydrogen (secondary N) is 2. The summed E-state index contributed by atoms with van der Waals surface area (Å²) in [5, 5.41) is 5.69. The molecule has 2 unspecified atom stereocenters. The summed E-state index contributed by atoms with van der Waals surface area (Å²) in [6.45, 7) is 1.40. The number of amides is 2. The molecule has 6 nitrogen and oxygen atoms in total. The highest BCUT2D eigenvalue weighted by molar-refractivity contribution is 5.99. The van der Waals surface area contributed by atoms with Crippen LogP contribution in [-0.4, -0.2) is 51.0 Å². The molecule has 6 heteroatoms. The Morgan fingerprint density at radius 3 is 2.41 bits per heavy atom. The molecule has 0 heterocycles. The van der Waals surface area contributed by atoms with E-state index in [4.69, 9.17) is 4.74 Å². The van der Waals surface area contributed by atoms with E-state index < -0.39 is 0 Å². The first kappa shape index (κ1) is 16.3. The molecule has 1 aromatic carbocycles. The molecule has 1 aliphatic rings. The Bertz CT molecular complexity index is 528. The summed E-state index contributed by atoms with van der Waals surface area (Å²) in [7, 11) is 5.50. The highest BCUT2D eigenvalue weighted by Crippen LogP contribution is 2.39. The molecule has 120 valence electrons. The summed E-state index contributed by atoms with van der Waals surface area (Å²) in [6.07, 6.45) is 0.621. The lowest BCUT2D eigenvalue weighted by Crippen LogP contribution is -2.33. The normalized spacial score (nSPS) is 19.6. The molecule has 22 heavy (non-hydrogen) atoms. The third-order valence-corrected chi connectivity index (χ3v) is 3.68. The van der Waals surface area contributed by atoms with Gasteiger partial charge in [-0.2, -0.15) is 0 Å². The number of likely N-dealkylation sites (N-methyl/N-ethyl adjacent to an activating group) is 1. The maximum absolute atomic E-state index is 12.1. The van der Waals surface area contributed by atoms with Crippen molar-refractivity contribution in [3.05, 3.63) is 24.3 Å². The molecule has 2 amide bonds. The van der Waals surface area contributed by atoms with Gasteiger partial charge in [0.2, 0.25) is 11.8 Å². The largest absolute Gasteiger partial charge is 0.497 e. The second-order valence-electron chi connectivity index (χ2n) is 5.76. The Hall–Kier alpha value is -2.08. The van der Waals surface area contributed by atoms with Crippen LogP contribution in [0.15, 0.2) is 24.3 Å². The molecular weight excluding hydrogens is 282 g/mol. The third kappa shape index (κ3) is 4.46. The van der Waals surface area contributed by atoms with Gasteiger partial charge in [-0.3, -0.25) is 9.59 Å². The third-order valence-electron chi connectivity index (χ3n) is 3.68. The Kier molecular flexibility index (Phi) is 5.38. The zero-order valence-electron chi connectivity index (χ0n) is 13.3. The topological polar surface area (TPSA) is 70.7 Å². The van der Waals surface area contributed by atoms with Gasteiger partial charge in [0, 0.05) is 18.8 Å². The van der Waals surface area contributed by atoms with Crippen molar-refractivity contribution in [2.45, 2.75) is 6.42 Å². The van der Waals surface area contributed by atoms with Crippen molar-refractivity contribution in [3.63, 3.8) is 0 Å². The average molecular weight is 305 g/mol. The van der Waals surface area contributed by atoms with Crippen LogP contribution in [-0.2, 0) is 9.59 Å². The number of hydrogen-bond donors (Lipinski definition) is 2. The summed E-state index contributed by atoms with van der Waals surface area (Å²) in [5.74, 6) is 0.194. The monoisotopic (exact) mass is 305 g/mol. The van der Waals surface area contributed by atoms with Gasteiger partial charge < -0.3 is 20.3 Å². The van der Waals surface area contributed by atoms with E-state index in [9.17, 15) is 9.59 Å². The van der Waals surface area contributed by atoms with Gasteiger partial charge in [-0.15, -0.1) is 0 Å². The first-order valence-corrected chi connectivity index (χ1v) is 7.38. The molecule has 1 aromatic rings. The minimum Gasteiger partial charge on any atom is -0.497 e. The van der Waals surface area contributed by atoms with E-state index in [-0.39, 0.29) is 23.7 Å². The highest BCUT2D eigenvalue weighted by Gasteiger charge is 2.47. The van der Waals surface area contributed by atoms with E-state index in [0.29, 0.717) is 18.7 Å². The summed E-state index contributed by atoms with van der Waals surface area (Å²) in [4.78, 5) is 26.0. The van der Waals surface area contributed by atoms with Crippen LogP contribution in [0.3, 0.4) is 0 Å². The van der Waals surface area contributed by atoms with Crippen molar-refractivity contribution < 1.29 is 14.3 Å². The molecule has 2 N–H and O–H groups in total. The zero-order chi connectivity index (χ0) is 16.1. The molecular formula is C16H23N3O3. The summed E-state index contributed by atoms with van der Waals surface area (Å²) < 4.78 is 5.07. The lowest BCUT2D eigenvalue weighted by Gasteiger charge is -2.10. The van der Waals surface area contributed by atoms with E-state index in [1.807, 2.05) is 19.0 Å². The maximum atomic E-state index is 12.1. The number of nitrogens with zero attached hydrogens (tertiary/aromatic N) is 1. The van der Waals surface area contributed by atoms with Crippen LogP contribution < -0.4 is 15.4 Å². The predicted octanol–water partition coefficient (Wildman–Crippen LogP) is 0.948. The van der Waals surface area contributed by atoms with Crippen LogP contribution in [0.2, 0.25) is 0 Å². The van der Waals surface area contributed by atoms with E-state index in [2.05, 4.69) is 10.6 Å². The molecule has 2 atom stereocenters. The molecule has 0 spiro atoms. The number of hydrogen-bond acceptors (Lipinski definition) is 4. The Labute approximate surface area is 130 Å². The molecule has 0 aliphatic heterocycles. The van der Waals surface area contributed by atoms with Crippen LogP contribution >= 0.6 is 0 Å². The fourth-order valence-corrected chi connectivity index (χ4v) is 2.22. The number of methoxy groups -OCH3 is 1. The van der Waals surface area contributed by atoms with Gasteiger partial charge >= 0.3 is 0 Å². The fourth-order valence-electron chi connectivity index (χ4n) is 2.22. The second kappa shape index (κ2) is 7.26. The van der Waals surface area contributed by atoms with E-state index >= 15 is 0 Å². The summed E-state index contributed by atoms with van der Waals surface area (Å²) >= 11 is 0. The van der Waals surface area contributed by atoms with Gasteiger partial charge in [-0.1, -0.05) is 0 Å². The molecule has 1 aliphatic carbocycles. The first-order valence-electron chi connectivity index (χ1n) is 7.38. The van der Waals surface area contributed by atoms with Crippen molar-refractivity contribution in [2.75, 3.05) is 39.6 Å². The first-order chi connectivity index (χ1) is 10.5. The van der Waals surface area contributed by atoms with Crippen LogP contribution in [0, 0.1) is 11.8 Å². The van der Waals surface area contributed by atoms with Crippen molar-refractivity contribution in [3.8, 4) is 5.75 Å². The number of anilines is 1. The van der Waals surface area contributed by atoms with Crippen LogP contribution in [0.4, 0.5) is 5.69 Å². The smallest absolute Gasteiger partial charge is 0.228 e. The van der Waals surface area contributed by atoms with Crippen molar-refractivity contribution in [1.29, 1.82) is 0 Å². The van der Waals surface area contributed by atoms with Crippen molar-refractivity contribution in [1.82, 2.24) is 10.2 Å². The number of carbonyl (C=O) groups excluding carboxylic acids is 2. The SMILES string of the molecule is COc1ccc(NC(=O)C2CC2C(=O)NCCN(C)C)cc1. The maximum Gasteiger partial charge on any atom is 0.228 e. The van der Waals surface area contributed by atoms with E-state index in [1.165, 1.54) is 0 Å². The summed E-state index contributed by atoms with van der Waals surface area (Å²) in [5.41, 5.74) is 0.712. The van der Waals surface area contributed by atoms with Crippen molar-refractivity contribution >= 4 is 17.5 Å². The Morgan fingerprint density at radius 1 is 1.18 bits per heavy atom. The molecule has 0 aromatic heterocycles. The number of ether oxygens (including phenoxy) is 1. The number of rotatable bonds is 7. The van der Waals surface area contributed by atoms with Crippen molar-refractivity contribution in [2.24, 2.45) is 11.8 Å². The van der Waals surface area contributed by atoms with Crippen LogP contribution in [0.25, 0.3) is 0 Å². The highest BCUT2D eigenvalue weighted by atomic mass is 16.5. The van der Waals surface area contributed by atoms with Gasteiger partial charge in [0.1, 0.15) is 5.75 Å². The molecule has 2 rings (SSSR count). The Morgan fingerprint density at radius 2 is 1.82 bits per heavy atom. The molecule has 1 fully saturated rings.